The minimum atomic E-state index is -0.223. The highest BCUT2D eigenvalue weighted by atomic mass is 19.1. The molecule has 5 nitrogen and oxygen atoms in total. The van der Waals surface area contributed by atoms with Crippen molar-refractivity contribution < 1.29 is 4.39 Å². The van der Waals surface area contributed by atoms with Crippen LogP contribution in [0.15, 0.2) is 30.6 Å². The smallest absolute Gasteiger partial charge is 0.148 e. The highest BCUT2D eigenvalue weighted by Crippen LogP contribution is 2.18. The van der Waals surface area contributed by atoms with Crippen LogP contribution in [-0.4, -0.2) is 16.0 Å². The number of hydrogen-bond acceptors (Lipinski definition) is 5. The zero-order chi connectivity index (χ0) is 14.5. The van der Waals surface area contributed by atoms with E-state index in [0.717, 1.165) is 23.4 Å². The molecule has 20 heavy (non-hydrogen) atoms. The maximum absolute atomic E-state index is 12.9. The number of hydrogen-bond donors (Lipinski definition) is 3. The van der Waals surface area contributed by atoms with E-state index in [1.807, 2.05) is 13.8 Å². The third-order valence-corrected chi connectivity index (χ3v) is 3.06. The van der Waals surface area contributed by atoms with Gasteiger partial charge in [-0.1, -0.05) is 12.1 Å². The lowest BCUT2D eigenvalue weighted by atomic mass is 10.1. The molecule has 0 radical (unpaired) electrons. The highest BCUT2D eigenvalue weighted by molar-refractivity contribution is 5.56. The number of nitrogens with one attached hydrogen (secondary N) is 2. The van der Waals surface area contributed by atoms with E-state index in [0.29, 0.717) is 5.82 Å². The lowest BCUT2D eigenvalue weighted by Crippen LogP contribution is -2.20. The van der Waals surface area contributed by atoms with Crippen molar-refractivity contribution >= 4 is 11.6 Å². The molecule has 1 atom stereocenters. The largest absolute Gasteiger partial charge is 0.367 e. The van der Waals surface area contributed by atoms with Crippen LogP contribution in [-0.2, 0) is 6.42 Å². The Labute approximate surface area is 117 Å². The zero-order valence-electron chi connectivity index (χ0n) is 11.5. The van der Waals surface area contributed by atoms with Crippen molar-refractivity contribution in [2.75, 3.05) is 10.7 Å². The Hall–Kier alpha value is -2.21. The van der Waals surface area contributed by atoms with Crippen molar-refractivity contribution in [2.24, 2.45) is 5.84 Å². The molecule has 0 aliphatic carbocycles. The van der Waals surface area contributed by atoms with E-state index in [9.17, 15) is 4.39 Å². The van der Waals surface area contributed by atoms with E-state index in [-0.39, 0.29) is 11.9 Å². The number of benzene rings is 1. The summed E-state index contributed by atoms with van der Waals surface area (Å²) in [5.74, 6) is 6.49. The summed E-state index contributed by atoms with van der Waals surface area (Å²) in [5, 5.41) is 3.31. The van der Waals surface area contributed by atoms with Crippen molar-refractivity contribution in [1.29, 1.82) is 0 Å². The minimum absolute atomic E-state index is 0.152. The van der Waals surface area contributed by atoms with E-state index >= 15 is 0 Å². The van der Waals surface area contributed by atoms with Gasteiger partial charge in [0.25, 0.3) is 0 Å². The molecule has 1 aromatic heterocycles. The third-order valence-electron chi connectivity index (χ3n) is 3.06. The molecule has 1 unspecified atom stereocenters. The fourth-order valence-electron chi connectivity index (χ4n) is 2.00. The molecule has 1 aromatic carbocycles. The van der Waals surface area contributed by atoms with Crippen molar-refractivity contribution in [3.05, 3.63) is 47.5 Å². The first-order valence-electron chi connectivity index (χ1n) is 6.39. The molecule has 0 fully saturated rings. The Morgan fingerprint density at radius 2 is 1.85 bits per heavy atom. The monoisotopic (exact) mass is 275 g/mol. The van der Waals surface area contributed by atoms with Gasteiger partial charge in [-0.25, -0.2) is 20.2 Å². The second-order valence-electron chi connectivity index (χ2n) is 4.72. The molecule has 0 aliphatic rings. The van der Waals surface area contributed by atoms with Crippen LogP contribution in [0.25, 0.3) is 0 Å². The maximum Gasteiger partial charge on any atom is 0.148 e. The predicted molar refractivity (Wildman–Crippen MR) is 77.8 cm³/mol. The van der Waals surface area contributed by atoms with Crippen molar-refractivity contribution in [2.45, 2.75) is 26.3 Å². The molecule has 106 valence electrons. The number of nitrogen functional groups attached to an aromatic ring is 1. The molecule has 6 heteroatoms. The number of rotatable bonds is 5. The lowest BCUT2D eigenvalue weighted by molar-refractivity contribution is 0.626. The SMILES string of the molecule is Cc1c(NN)ncnc1NC(C)Cc1ccc(F)cc1. The quantitative estimate of drug-likeness (QED) is 0.576. The standard InChI is InChI=1S/C14H18FN5/c1-9(7-11-3-5-12(15)6-4-11)19-13-10(2)14(20-16)18-8-17-13/h3-6,8-9H,7,16H2,1-2H3,(H2,17,18,19,20). The van der Waals surface area contributed by atoms with Crippen LogP contribution in [0, 0.1) is 12.7 Å². The summed E-state index contributed by atoms with van der Waals surface area (Å²) in [5.41, 5.74) is 4.46. The first kappa shape index (κ1) is 14.2. The van der Waals surface area contributed by atoms with Crippen molar-refractivity contribution in [1.82, 2.24) is 9.97 Å². The van der Waals surface area contributed by atoms with E-state index in [1.165, 1.54) is 18.5 Å². The van der Waals surface area contributed by atoms with Crippen LogP contribution in [0.3, 0.4) is 0 Å². The zero-order valence-corrected chi connectivity index (χ0v) is 11.5. The summed E-state index contributed by atoms with van der Waals surface area (Å²) in [6, 6.07) is 6.66. The lowest BCUT2D eigenvalue weighted by Gasteiger charge is -2.17. The van der Waals surface area contributed by atoms with Crippen LogP contribution >= 0.6 is 0 Å². The Kier molecular flexibility index (Phi) is 4.47. The van der Waals surface area contributed by atoms with Crippen LogP contribution in [0.1, 0.15) is 18.1 Å². The number of halogens is 1. The molecule has 0 aliphatic heterocycles. The topological polar surface area (TPSA) is 75.9 Å². The molecule has 4 N–H and O–H groups in total. The van der Waals surface area contributed by atoms with Gasteiger partial charge in [0, 0.05) is 11.6 Å². The molecule has 0 amide bonds. The molecular formula is C14H18FN5. The van der Waals surface area contributed by atoms with Crippen LogP contribution in [0.4, 0.5) is 16.0 Å². The molecular weight excluding hydrogens is 257 g/mol. The van der Waals surface area contributed by atoms with E-state index < -0.39 is 0 Å². The maximum atomic E-state index is 12.9. The summed E-state index contributed by atoms with van der Waals surface area (Å²) < 4.78 is 12.9. The van der Waals surface area contributed by atoms with Gasteiger partial charge < -0.3 is 10.7 Å². The van der Waals surface area contributed by atoms with Crippen LogP contribution in [0.5, 0.6) is 0 Å². The van der Waals surface area contributed by atoms with E-state index in [4.69, 9.17) is 5.84 Å². The fraction of sp³-hybridized carbons (Fsp3) is 0.286. The van der Waals surface area contributed by atoms with Crippen LogP contribution in [0.2, 0.25) is 0 Å². The van der Waals surface area contributed by atoms with Crippen molar-refractivity contribution in [3.8, 4) is 0 Å². The normalized spacial score (nSPS) is 12.0. The third kappa shape index (κ3) is 3.42. The summed E-state index contributed by atoms with van der Waals surface area (Å²) in [4.78, 5) is 8.23. The summed E-state index contributed by atoms with van der Waals surface area (Å²) in [6.45, 7) is 3.93. The molecule has 0 bridgehead atoms. The number of nitrogens with two attached hydrogens (primary N) is 1. The van der Waals surface area contributed by atoms with Crippen LogP contribution < -0.4 is 16.6 Å². The number of nitrogens with zero attached hydrogens (tertiary/aromatic N) is 2. The van der Waals surface area contributed by atoms with Gasteiger partial charge in [0.1, 0.15) is 23.8 Å². The molecule has 0 saturated carbocycles. The van der Waals surface area contributed by atoms with E-state index in [2.05, 4.69) is 20.7 Å². The predicted octanol–water partition coefficient (Wildman–Crippen LogP) is 2.25. The Bertz CT molecular complexity index is 570. The van der Waals surface area contributed by atoms with Gasteiger partial charge in [0.2, 0.25) is 0 Å². The molecule has 2 rings (SSSR count). The van der Waals surface area contributed by atoms with Gasteiger partial charge in [0.05, 0.1) is 0 Å². The Morgan fingerprint density at radius 3 is 2.50 bits per heavy atom. The average molecular weight is 275 g/mol. The van der Waals surface area contributed by atoms with Gasteiger partial charge in [-0.3, -0.25) is 0 Å². The average Bonchev–Trinajstić information content (AvgIpc) is 2.44. The summed E-state index contributed by atoms with van der Waals surface area (Å²) in [7, 11) is 0. The molecule has 1 heterocycles. The summed E-state index contributed by atoms with van der Waals surface area (Å²) >= 11 is 0. The number of aromatic nitrogens is 2. The summed E-state index contributed by atoms with van der Waals surface area (Å²) in [6.07, 6.45) is 2.23. The Balaban J connectivity index is 2.04. The fourth-order valence-corrected chi connectivity index (χ4v) is 2.00. The molecule has 0 saturated heterocycles. The molecule has 2 aromatic rings. The van der Waals surface area contributed by atoms with Gasteiger partial charge in [-0.05, 0) is 38.0 Å². The van der Waals surface area contributed by atoms with Gasteiger partial charge >= 0.3 is 0 Å². The second kappa shape index (κ2) is 6.29. The Morgan fingerprint density at radius 1 is 1.20 bits per heavy atom. The van der Waals surface area contributed by atoms with Gasteiger partial charge in [-0.2, -0.15) is 0 Å². The molecule has 0 spiro atoms. The van der Waals surface area contributed by atoms with Crippen molar-refractivity contribution in [3.63, 3.8) is 0 Å². The second-order valence-corrected chi connectivity index (χ2v) is 4.72. The van der Waals surface area contributed by atoms with Gasteiger partial charge in [0.15, 0.2) is 0 Å². The number of anilines is 2. The highest BCUT2D eigenvalue weighted by Gasteiger charge is 2.09. The first-order valence-corrected chi connectivity index (χ1v) is 6.39. The van der Waals surface area contributed by atoms with Gasteiger partial charge in [-0.15, -0.1) is 0 Å². The first-order chi connectivity index (χ1) is 9.60. The number of hydrazine groups is 1. The minimum Gasteiger partial charge on any atom is -0.367 e. The van der Waals surface area contributed by atoms with E-state index in [1.54, 1.807) is 12.1 Å².